The number of aromatic amines is 1. The second kappa shape index (κ2) is 23.3. The molecular formula is C41H61N9O7S. The zero-order valence-electron chi connectivity index (χ0n) is 34.0. The van der Waals surface area contributed by atoms with Crippen molar-refractivity contribution >= 4 is 58.1 Å². The molecule has 6 amide bonds. The van der Waals surface area contributed by atoms with Crippen LogP contribution in [0.25, 0.3) is 10.9 Å². The van der Waals surface area contributed by atoms with E-state index in [-0.39, 0.29) is 37.4 Å². The SMILES string of the molecule is CSCC[C@H](NC(=O)[C@H](Cc1ccc(O)cc1)NC(=O)[C@H](CCCCN)NC(=O)[C@@H](N)Cc1c[nH]c2ccccc12)C(=O)N[C@H](C(=O)N[C@H](C(N)=O)C(C)C)C(C)C. The number of carbonyl (C=O) groups is 6. The summed E-state index contributed by atoms with van der Waals surface area (Å²) in [5, 5.41) is 24.5. The summed E-state index contributed by atoms with van der Waals surface area (Å²) < 4.78 is 0. The molecule has 0 radical (unpaired) electrons. The number of H-pyrrole nitrogens is 1. The summed E-state index contributed by atoms with van der Waals surface area (Å²) >= 11 is 1.45. The van der Waals surface area contributed by atoms with Crippen molar-refractivity contribution < 1.29 is 33.9 Å². The summed E-state index contributed by atoms with van der Waals surface area (Å²) in [6.07, 6.45) is 5.31. The predicted octanol–water partition coefficient (Wildman–Crippen LogP) is 1.09. The first-order valence-corrected chi connectivity index (χ1v) is 21.0. The van der Waals surface area contributed by atoms with Crippen LogP contribution in [0.1, 0.15) is 64.5 Å². The molecule has 2 aromatic carbocycles. The third-order valence-corrected chi connectivity index (χ3v) is 10.4. The van der Waals surface area contributed by atoms with E-state index in [2.05, 4.69) is 31.6 Å². The number of amides is 6. The van der Waals surface area contributed by atoms with Crippen molar-refractivity contribution in [2.75, 3.05) is 18.6 Å². The number of phenols is 1. The van der Waals surface area contributed by atoms with Crippen LogP contribution in [-0.4, -0.2) is 100 Å². The first-order chi connectivity index (χ1) is 27.6. The average Bonchev–Trinajstić information content (AvgIpc) is 3.59. The topological polar surface area (TPSA) is 277 Å². The number of benzene rings is 2. The van der Waals surface area contributed by atoms with Crippen molar-refractivity contribution in [1.82, 2.24) is 31.6 Å². The Hall–Kier alpha value is -5.13. The number of primary amides is 1. The molecule has 0 spiro atoms. The van der Waals surface area contributed by atoms with Gasteiger partial charge in [-0.1, -0.05) is 58.0 Å². The number of nitrogens with two attached hydrogens (primary N) is 3. The summed E-state index contributed by atoms with van der Waals surface area (Å²) in [4.78, 5) is 84.0. The number of thioether (sulfide) groups is 1. The molecule has 318 valence electrons. The molecule has 0 bridgehead atoms. The number of fused-ring (bicyclic) bond motifs is 1. The van der Waals surface area contributed by atoms with Crippen molar-refractivity contribution in [2.24, 2.45) is 29.0 Å². The average molecular weight is 824 g/mol. The molecule has 3 rings (SSSR count). The van der Waals surface area contributed by atoms with Crippen LogP contribution in [0.3, 0.4) is 0 Å². The Morgan fingerprint density at radius 2 is 1.28 bits per heavy atom. The molecule has 6 atom stereocenters. The molecule has 17 heteroatoms. The fourth-order valence-corrected chi connectivity index (χ4v) is 6.87. The number of rotatable bonds is 24. The van der Waals surface area contributed by atoms with E-state index in [9.17, 15) is 33.9 Å². The lowest BCUT2D eigenvalue weighted by atomic mass is 9.99. The third kappa shape index (κ3) is 14.4. The molecule has 0 unspecified atom stereocenters. The first-order valence-electron chi connectivity index (χ1n) is 19.6. The number of aromatic hydroxyl groups is 1. The number of hydrogen-bond donors (Lipinski definition) is 10. The monoisotopic (exact) mass is 823 g/mol. The van der Waals surface area contributed by atoms with Crippen LogP contribution in [0.15, 0.2) is 54.7 Å². The number of aromatic nitrogens is 1. The fourth-order valence-electron chi connectivity index (χ4n) is 6.39. The quantitative estimate of drug-likeness (QED) is 0.0575. The van der Waals surface area contributed by atoms with Gasteiger partial charge in [0.05, 0.1) is 6.04 Å². The standard InChI is InChI=1S/C41H61N9O7S/c1-23(2)34(36(44)52)49-41(57)35(24(3)4)50-39(55)32(17-19-58-5)47-40(56)33(20-25-13-15-27(51)16-14-25)48-38(54)31(12-8-9-18-42)46-37(53)29(43)21-26-22-45-30-11-7-6-10-28(26)30/h6-7,10-11,13-16,22-24,29,31-35,45,51H,8-9,12,17-21,42-43H2,1-5H3,(H2,44,52)(H,46,53)(H,47,56)(H,48,54)(H,49,57)(H,50,55)/t29-,31-,32-,33-,34-,35-/m0/s1. The van der Waals surface area contributed by atoms with Crippen molar-refractivity contribution in [3.05, 3.63) is 65.9 Å². The maximum absolute atomic E-state index is 14.2. The highest BCUT2D eigenvalue weighted by molar-refractivity contribution is 7.98. The second-order valence-corrected chi connectivity index (χ2v) is 16.1. The number of unbranched alkanes of at least 4 members (excludes halogenated alkanes) is 1. The molecular weight excluding hydrogens is 763 g/mol. The van der Waals surface area contributed by atoms with Crippen LogP contribution in [0.2, 0.25) is 0 Å². The molecule has 1 heterocycles. The second-order valence-electron chi connectivity index (χ2n) is 15.2. The van der Waals surface area contributed by atoms with Gasteiger partial charge in [0.15, 0.2) is 0 Å². The van der Waals surface area contributed by atoms with Gasteiger partial charge in [-0.2, -0.15) is 11.8 Å². The normalized spacial score (nSPS) is 14.5. The fraction of sp³-hybridized carbons (Fsp3) is 0.512. The summed E-state index contributed by atoms with van der Waals surface area (Å²) in [5.41, 5.74) is 20.0. The molecule has 13 N–H and O–H groups in total. The third-order valence-electron chi connectivity index (χ3n) is 9.80. The lowest BCUT2D eigenvalue weighted by molar-refractivity contribution is -0.135. The van der Waals surface area contributed by atoms with Gasteiger partial charge in [0.1, 0.15) is 36.0 Å². The van der Waals surface area contributed by atoms with Crippen LogP contribution < -0.4 is 43.8 Å². The summed E-state index contributed by atoms with van der Waals surface area (Å²) in [7, 11) is 0. The number of nitrogens with one attached hydrogen (secondary N) is 6. The molecule has 0 aliphatic rings. The van der Waals surface area contributed by atoms with Crippen molar-refractivity contribution in [3.8, 4) is 5.75 Å². The lowest BCUT2D eigenvalue weighted by Gasteiger charge is -2.29. The van der Waals surface area contributed by atoms with E-state index in [0.29, 0.717) is 30.7 Å². The molecule has 1 aromatic heterocycles. The van der Waals surface area contributed by atoms with E-state index < -0.39 is 77.6 Å². The highest BCUT2D eigenvalue weighted by Crippen LogP contribution is 2.19. The Labute approximate surface area is 344 Å². The van der Waals surface area contributed by atoms with Crippen LogP contribution in [0.4, 0.5) is 0 Å². The van der Waals surface area contributed by atoms with Gasteiger partial charge in [0.2, 0.25) is 35.4 Å². The highest BCUT2D eigenvalue weighted by Gasteiger charge is 2.34. The lowest BCUT2D eigenvalue weighted by Crippen LogP contribution is -2.61. The number of para-hydroxylation sites is 1. The van der Waals surface area contributed by atoms with Gasteiger partial charge in [0.25, 0.3) is 0 Å². The van der Waals surface area contributed by atoms with Gasteiger partial charge in [0, 0.05) is 23.5 Å². The number of carbonyl (C=O) groups excluding carboxylic acids is 6. The summed E-state index contributed by atoms with van der Waals surface area (Å²) in [6, 6.07) is 7.31. The maximum atomic E-state index is 14.2. The summed E-state index contributed by atoms with van der Waals surface area (Å²) in [6.45, 7) is 7.30. The van der Waals surface area contributed by atoms with Crippen molar-refractivity contribution in [2.45, 2.75) is 102 Å². The minimum atomic E-state index is -1.23. The first kappa shape index (κ1) is 47.2. The molecule has 0 aliphatic carbocycles. The maximum Gasteiger partial charge on any atom is 0.243 e. The molecule has 0 fully saturated rings. The van der Waals surface area contributed by atoms with Gasteiger partial charge in [-0.15, -0.1) is 0 Å². The van der Waals surface area contributed by atoms with E-state index in [0.717, 1.165) is 16.5 Å². The van der Waals surface area contributed by atoms with E-state index in [1.807, 2.05) is 30.5 Å². The predicted molar refractivity (Wildman–Crippen MR) is 226 cm³/mol. The summed E-state index contributed by atoms with van der Waals surface area (Å²) in [5.74, 6) is -4.04. The Morgan fingerprint density at radius 1 is 0.707 bits per heavy atom. The highest BCUT2D eigenvalue weighted by atomic mass is 32.2. The van der Waals surface area contributed by atoms with Crippen molar-refractivity contribution in [1.29, 1.82) is 0 Å². The van der Waals surface area contributed by atoms with Crippen molar-refractivity contribution in [3.63, 3.8) is 0 Å². The molecule has 58 heavy (non-hydrogen) atoms. The molecule has 3 aromatic rings. The Morgan fingerprint density at radius 3 is 1.90 bits per heavy atom. The van der Waals surface area contributed by atoms with E-state index >= 15 is 0 Å². The zero-order valence-corrected chi connectivity index (χ0v) is 34.8. The Kier molecular flexibility index (Phi) is 19.0. The van der Waals surface area contributed by atoms with Crippen LogP contribution >= 0.6 is 11.8 Å². The molecule has 0 saturated heterocycles. The Bertz CT molecular complexity index is 1840. The van der Waals surface area contributed by atoms with E-state index in [1.54, 1.807) is 46.0 Å². The number of phenolic OH excluding ortho intramolecular Hbond substituents is 1. The number of hydrogen-bond acceptors (Lipinski definition) is 10. The van der Waals surface area contributed by atoms with Gasteiger partial charge in [-0.05, 0) is 91.8 Å². The minimum absolute atomic E-state index is 0.00790. The largest absolute Gasteiger partial charge is 0.508 e. The smallest absolute Gasteiger partial charge is 0.243 e. The zero-order chi connectivity index (χ0) is 42.9. The van der Waals surface area contributed by atoms with Crippen LogP contribution in [0, 0.1) is 11.8 Å². The van der Waals surface area contributed by atoms with Gasteiger partial charge < -0.3 is 53.9 Å². The van der Waals surface area contributed by atoms with Gasteiger partial charge >= 0.3 is 0 Å². The van der Waals surface area contributed by atoms with Crippen LogP contribution in [0.5, 0.6) is 5.75 Å². The van der Waals surface area contributed by atoms with E-state index in [1.165, 1.54) is 23.9 Å². The molecule has 0 saturated carbocycles. The van der Waals surface area contributed by atoms with Gasteiger partial charge in [-0.3, -0.25) is 28.8 Å². The van der Waals surface area contributed by atoms with Gasteiger partial charge in [-0.25, -0.2) is 0 Å². The molecule has 16 nitrogen and oxygen atoms in total. The molecule has 0 aliphatic heterocycles. The minimum Gasteiger partial charge on any atom is -0.508 e. The Balaban J connectivity index is 1.85. The van der Waals surface area contributed by atoms with Crippen LogP contribution in [-0.2, 0) is 41.6 Å². The van der Waals surface area contributed by atoms with E-state index in [4.69, 9.17) is 17.2 Å².